The third-order valence-electron chi connectivity index (χ3n) is 5.51. The van der Waals surface area contributed by atoms with Crippen LogP contribution in [0.2, 0.25) is 0 Å². The molecule has 3 fully saturated rings. The van der Waals surface area contributed by atoms with Gasteiger partial charge in [0.15, 0.2) is 5.60 Å². The first-order chi connectivity index (χ1) is 9.14. The van der Waals surface area contributed by atoms with Crippen molar-refractivity contribution < 1.29 is 14.5 Å². The van der Waals surface area contributed by atoms with Crippen LogP contribution in [0.5, 0.6) is 0 Å². The van der Waals surface area contributed by atoms with Crippen molar-refractivity contribution in [2.45, 2.75) is 62.8 Å². The SMILES string of the molecule is C[C@@]12C=C3CCO[C@@H]4CCC[C@](C#N)(CC1)[C@@]34OO2. The quantitative estimate of drug-likeness (QED) is 0.497. The molecule has 4 atom stereocenters. The van der Waals surface area contributed by atoms with Gasteiger partial charge in [0.1, 0.15) is 5.60 Å². The first-order valence-corrected chi connectivity index (χ1v) is 7.26. The first kappa shape index (κ1) is 11.9. The fraction of sp³-hybridized carbons (Fsp3) is 0.800. The zero-order valence-corrected chi connectivity index (χ0v) is 11.3. The van der Waals surface area contributed by atoms with Crippen LogP contribution in [0.4, 0.5) is 0 Å². The molecule has 2 bridgehead atoms. The fourth-order valence-corrected chi connectivity index (χ4v) is 4.50. The molecule has 0 unspecified atom stereocenters. The van der Waals surface area contributed by atoms with Gasteiger partial charge in [0.25, 0.3) is 0 Å². The summed E-state index contributed by atoms with van der Waals surface area (Å²) in [5, 5.41) is 9.89. The Balaban J connectivity index is 1.96. The second kappa shape index (κ2) is 3.60. The Hall–Kier alpha value is -0.890. The van der Waals surface area contributed by atoms with E-state index in [1.807, 2.05) is 0 Å². The Kier molecular flexibility index (Phi) is 2.26. The maximum absolute atomic E-state index is 9.89. The van der Waals surface area contributed by atoms with Crippen LogP contribution in [0.25, 0.3) is 0 Å². The molecule has 4 heteroatoms. The van der Waals surface area contributed by atoms with Gasteiger partial charge in [-0.3, -0.25) is 0 Å². The minimum atomic E-state index is -0.645. The van der Waals surface area contributed by atoms with Gasteiger partial charge in [0.05, 0.1) is 24.2 Å². The molecular formula is C15H19NO3. The largest absolute Gasteiger partial charge is 0.374 e. The average molecular weight is 261 g/mol. The van der Waals surface area contributed by atoms with E-state index in [-0.39, 0.29) is 11.7 Å². The molecule has 3 heterocycles. The van der Waals surface area contributed by atoms with Crippen LogP contribution in [0.3, 0.4) is 0 Å². The van der Waals surface area contributed by atoms with Crippen LogP contribution in [0, 0.1) is 16.7 Å². The number of hydrogen-bond donors (Lipinski definition) is 0. The molecular weight excluding hydrogens is 242 g/mol. The summed E-state index contributed by atoms with van der Waals surface area (Å²) in [7, 11) is 0. The van der Waals surface area contributed by atoms with Gasteiger partial charge in [0.2, 0.25) is 0 Å². The van der Waals surface area contributed by atoms with Gasteiger partial charge in [0, 0.05) is 0 Å². The average Bonchev–Trinajstić information content (AvgIpc) is 2.63. The van der Waals surface area contributed by atoms with E-state index in [1.54, 1.807) is 0 Å². The molecule has 0 aromatic carbocycles. The van der Waals surface area contributed by atoms with Crippen LogP contribution in [0.1, 0.15) is 45.4 Å². The molecule has 5 rings (SSSR count). The smallest absolute Gasteiger partial charge is 0.169 e. The van der Waals surface area contributed by atoms with Crippen LogP contribution >= 0.6 is 0 Å². The number of ether oxygens (including phenoxy) is 1. The van der Waals surface area contributed by atoms with E-state index in [4.69, 9.17) is 14.5 Å². The van der Waals surface area contributed by atoms with E-state index >= 15 is 0 Å². The van der Waals surface area contributed by atoms with Crippen LogP contribution in [0.15, 0.2) is 11.6 Å². The van der Waals surface area contributed by atoms with Gasteiger partial charge in [-0.2, -0.15) is 5.26 Å². The topological polar surface area (TPSA) is 51.5 Å². The van der Waals surface area contributed by atoms with E-state index in [2.05, 4.69) is 19.1 Å². The van der Waals surface area contributed by atoms with Crippen molar-refractivity contribution in [3.63, 3.8) is 0 Å². The van der Waals surface area contributed by atoms with E-state index in [0.717, 1.165) is 45.1 Å². The Bertz CT molecular complexity index is 494. The summed E-state index contributed by atoms with van der Waals surface area (Å²) in [6, 6.07) is 2.60. The molecule has 0 N–H and O–H groups in total. The highest BCUT2D eigenvalue weighted by Gasteiger charge is 2.68. The Labute approximate surface area is 113 Å². The second-order valence-electron chi connectivity index (χ2n) is 6.58. The van der Waals surface area contributed by atoms with Crippen molar-refractivity contribution in [3.8, 4) is 6.07 Å². The number of rotatable bonds is 0. The van der Waals surface area contributed by atoms with E-state index < -0.39 is 11.0 Å². The first-order valence-electron chi connectivity index (χ1n) is 7.26. The van der Waals surface area contributed by atoms with Crippen molar-refractivity contribution in [2.75, 3.05) is 6.61 Å². The molecule has 0 amide bonds. The lowest BCUT2D eigenvalue weighted by Crippen LogP contribution is -2.64. The van der Waals surface area contributed by atoms with E-state index in [9.17, 15) is 5.26 Å². The van der Waals surface area contributed by atoms with Crippen LogP contribution in [-0.4, -0.2) is 23.9 Å². The monoisotopic (exact) mass is 261 g/mol. The van der Waals surface area contributed by atoms with Gasteiger partial charge in [-0.05, 0) is 57.1 Å². The molecule has 102 valence electrons. The second-order valence-corrected chi connectivity index (χ2v) is 6.58. The number of fused-ring (bicyclic) bond motifs is 2. The lowest BCUT2D eigenvalue weighted by Gasteiger charge is -2.55. The summed E-state index contributed by atoms with van der Waals surface area (Å²) in [5.41, 5.74) is -0.245. The van der Waals surface area contributed by atoms with Gasteiger partial charge >= 0.3 is 0 Å². The third-order valence-corrected chi connectivity index (χ3v) is 5.51. The number of hydrogen-bond acceptors (Lipinski definition) is 4. The molecule has 4 nitrogen and oxygen atoms in total. The molecule has 3 aliphatic heterocycles. The minimum Gasteiger partial charge on any atom is -0.374 e. The fourth-order valence-electron chi connectivity index (χ4n) is 4.50. The summed E-state index contributed by atoms with van der Waals surface area (Å²) in [6.45, 7) is 2.79. The minimum absolute atomic E-state index is 0.0245. The highest BCUT2D eigenvalue weighted by atomic mass is 17.2. The van der Waals surface area contributed by atoms with Crippen molar-refractivity contribution in [1.82, 2.24) is 0 Å². The van der Waals surface area contributed by atoms with Crippen molar-refractivity contribution in [1.29, 1.82) is 5.26 Å². The molecule has 0 radical (unpaired) electrons. The predicted octanol–water partition coefficient (Wildman–Crippen LogP) is 2.65. The standard InChI is InChI=1S/C15H19NO3/c1-13-6-7-14(10-16)5-2-3-12-15(14,19-18-13)11(9-13)4-8-17-12/h9,12H,2-8H2,1H3/t12-,13+,14-,15-/m1/s1. The van der Waals surface area contributed by atoms with Gasteiger partial charge < -0.3 is 4.74 Å². The van der Waals surface area contributed by atoms with Crippen molar-refractivity contribution in [2.24, 2.45) is 5.41 Å². The zero-order valence-electron chi connectivity index (χ0n) is 11.3. The molecule has 0 aromatic heterocycles. The molecule has 19 heavy (non-hydrogen) atoms. The lowest BCUT2D eigenvalue weighted by molar-refractivity contribution is -0.429. The molecule has 1 spiro atoms. The Morgan fingerprint density at radius 3 is 3.05 bits per heavy atom. The Morgan fingerprint density at radius 1 is 1.32 bits per heavy atom. The molecule has 5 aliphatic rings. The van der Waals surface area contributed by atoms with Crippen molar-refractivity contribution >= 4 is 0 Å². The molecule has 1 saturated carbocycles. The zero-order chi connectivity index (χ0) is 13.1. The number of nitriles is 1. The van der Waals surface area contributed by atoms with Gasteiger partial charge in [-0.1, -0.05) is 0 Å². The maximum atomic E-state index is 9.89. The molecule has 0 aromatic rings. The normalized spacial score (nSPS) is 51.8. The van der Waals surface area contributed by atoms with E-state index in [0.29, 0.717) is 0 Å². The summed E-state index contributed by atoms with van der Waals surface area (Å²) in [5.74, 6) is 0. The predicted molar refractivity (Wildman–Crippen MR) is 66.9 cm³/mol. The van der Waals surface area contributed by atoms with Gasteiger partial charge in [-0.15, -0.1) is 0 Å². The van der Waals surface area contributed by atoms with Crippen LogP contribution in [-0.2, 0) is 14.5 Å². The number of nitrogens with zero attached hydrogens (tertiary/aromatic N) is 1. The lowest BCUT2D eigenvalue weighted by atomic mass is 9.57. The summed E-state index contributed by atoms with van der Waals surface area (Å²) >= 11 is 0. The summed E-state index contributed by atoms with van der Waals surface area (Å²) in [6.07, 6.45) is 7.62. The highest BCUT2D eigenvalue weighted by Crippen LogP contribution is 2.61. The molecule has 2 saturated heterocycles. The maximum Gasteiger partial charge on any atom is 0.169 e. The summed E-state index contributed by atoms with van der Waals surface area (Å²) in [4.78, 5) is 11.6. The van der Waals surface area contributed by atoms with Gasteiger partial charge in [-0.25, -0.2) is 9.78 Å². The summed E-state index contributed by atoms with van der Waals surface area (Å²) < 4.78 is 5.96. The highest BCUT2D eigenvalue weighted by molar-refractivity contribution is 5.38. The molecule has 2 aliphatic carbocycles. The van der Waals surface area contributed by atoms with Crippen molar-refractivity contribution in [3.05, 3.63) is 11.6 Å². The third kappa shape index (κ3) is 1.29. The van der Waals surface area contributed by atoms with E-state index in [1.165, 1.54) is 5.57 Å². The van der Waals surface area contributed by atoms with Crippen LogP contribution < -0.4 is 0 Å². The Morgan fingerprint density at radius 2 is 2.21 bits per heavy atom.